The van der Waals surface area contributed by atoms with Gasteiger partial charge in [-0.3, -0.25) is 4.79 Å². The second kappa shape index (κ2) is 8.95. The summed E-state index contributed by atoms with van der Waals surface area (Å²) in [5.74, 6) is 2.25. The molecule has 0 amide bonds. The number of hydrogen-bond donors (Lipinski definition) is 2. The minimum atomic E-state index is -0.377. The van der Waals surface area contributed by atoms with Gasteiger partial charge < -0.3 is 19.6 Å². The number of aliphatic hydroxyl groups excluding tert-OH is 1. The third-order valence-corrected chi connectivity index (χ3v) is 4.61. The van der Waals surface area contributed by atoms with Gasteiger partial charge >= 0.3 is 0 Å². The molecule has 7 heteroatoms. The zero-order valence-electron chi connectivity index (χ0n) is 15.9. The van der Waals surface area contributed by atoms with Crippen LogP contribution in [0.4, 0.5) is 0 Å². The number of nitrogens with zero attached hydrogens (tertiary/aromatic N) is 1. The van der Waals surface area contributed by atoms with E-state index in [2.05, 4.69) is 9.97 Å². The molecule has 0 spiro atoms. The van der Waals surface area contributed by atoms with Crippen molar-refractivity contribution in [2.75, 3.05) is 6.26 Å². The van der Waals surface area contributed by atoms with E-state index in [9.17, 15) is 4.79 Å². The van der Waals surface area contributed by atoms with E-state index < -0.39 is 0 Å². The van der Waals surface area contributed by atoms with Crippen molar-refractivity contribution >= 4 is 11.8 Å². The van der Waals surface area contributed by atoms with Crippen molar-refractivity contribution in [3.8, 4) is 28.6 Å². The zero-order valence-corrected chi connectivity index (χ0v) is 16.7. The Hall–Kier alpha value is -2.77. The summed E-state index contributed by atoms with van der Waals surface area (Å²) in [5, 5.41) is 9.17. The van der Waals surface area contributed by atoms with Crippen LogP contribution in [0.25, 0.3) is 11.4 Å². The molecule has 0 atom stereocenters. The van der Waals surface area contributed by atoms with E-state index in [1.165, 1.54) is 6.20 Å². The van der Waals surface area contributed by atoms with E-state index in [0.29, 0.717) is 28.6 Å². The van der Waals surface area contributed by atoms with Crippen molar-refractivity contribution < 1.29 is 14.6 Å². The standard InChI is InChI=1S/C21H22N2O4S/c1-13(2)26-17-8-14(20-22-11-15(12-24)21(25)23-20)9-18(10-17)27-16-4-6-19(28-3)7-5-16/h4-11,13,24H,12H2,1-3H3,(H,22,23,25). The molecule has 1 heterocycles. The first-order chi connectivity index (χ1) is 13.5. The highest BCUT2D eigenvalue weighted by Crippen LogP contribution is 2.32. The van der Waals surface area contributed by atoms with Gasteiger partial charge in [0.05, 0.1) is 18.3 Å². The Morgan fingerprint density at radius 1 is 1.11 bits per heavy atom. The van der Waals surface area contributed by atoms with Crippen molar-refractivity contribution in [1.82, 2.24) is 9.97 Å². The van der Waals surface area contributed by atoms with Crippen LogP contribution in [0.1, 0.15) is 19.4 Å². The summed E-state index contributed by atoms with van der Waals surface area (Å²) >= 11 is 1.66. The molecule has 1 aromatic heterocycles. The number of rotatable bonds is 7. The maximum absolute atomic E-state index is 12.0. The van der Waals surface area contributed by atoms with Crippen molar-refractivity contribution in [2.45, 2.75) is 31.5 Å². The molecule has 0 radical (unpaired) electrons. The Kier molecular flexibility index (Phi) is 6.38. The van der Waals surface area contributed by atoms with Crippen LogP contribution in [-0.2, 0) is 6.61 Å². The van der Waals surface area contributed by atoms with Gasteiger partial charge in [-0.15, -0.1) is 11.8 Å². The number of aromatic nitrogens is 2. The van der Waals surface area contributed by atoms with Gasteiger partial charge in [0.1, 0.15) is 23.1 Å². The lowest BCUT2D eigenvalue weighted by Gasteiger charge is -2.14. The number of aromatic amines is 1. The molecule has 146 valence electrons. The molecule has 28 heavy (non-hydrogen) atoms. The van der Waals surface area contributed by atoms with Crippen molar-refractivity contribution in [3.63, 3.8) is 0 Å². The van der Waals surface area contributed by atoms with Gasteiger partial charge in [-0.05, 0) is 56.5 Å². The Balaban J connectivity index is 1.98. The Bertz CT molecular complexity index is 1000. The normalized spacial score (nSPS) is 10.9. The number of benzene rings is 2. The van der Waals surface area contributed by atoms with Crippen LogP contribution in [0.3, 0.4) is 0 Å². The maximum Gasteiger partial charge on any atom is 0.256 e. The summed E-state index contributed by atoms with van der Waals surface area (Å²) < 4.78 is 11.8. The summed E-state index contributed by atoms with van der Waals surface area (Å²) in [6, 6.07) is 13.2. The predicted molar refractivity (Wildman–Crippen MR) is 110 cm³/mol. The number of thioether (sulfide) groups is 1. The summed E-state index contributed by atoms with van der Waals surface area (Å²) in [6.45, 7) is 3.51. The number of ether oxygens (including phenoxy) is 2. The Labute approximate surface area is 167 Å². The molecule has 3 aromatic rings. The third kappa shape index (κ3) is 4.94. The molecule has 0 aliphatic carbocycles. The largest absolute Gasteiger partial charge is 0.491 e. The smallest absolute Gasteiger partial charge is 0.256 e. The fourth-order valence-electron chi connectivity index (χ4n) is 2.57. The molecule has 0 bridgehead atoms. The Morgan fingerprint density at radius 3 is 2.43 bits per heavy atom. The highest BCUT2D eigenvalue weighted by molar-refractivity contribution is 7.98. The van der Waals surface area contributed by atoms with E-state index in [1.54, 1.807) is 30.0 Å². The van der Waals surface area contributed by atoms with Crippen LogP contribution in [0.15, 0.2) is 58.4 Å². The SMILES string of the molecule is CSc1ccc(Oc2cc(OC(C)C)cc(-c3ncc(CO)c(=O)[nH]3)c2)cc1. The van der Waals surface area contributed by atoms with E-state index >= 15 is 0 Å². The quantitative estimate of drug-likeness (QED) is 0.580. The minimum absolute atomic E-state index is 0.0206. The van der Waals surface area contributed by atoms with Gasteiger partial charge in [0, 0.05) is 22.7 Å². The first-order valence-corrected chi connectivity index (χ1v) is 10.0. The lowest BCUT2D eigenvalue weighted by molar-refractivity contribution is 0.241. The molecule has 3 rings (SSSR count). The predicted octanol–water partition coefficient (Wildman–Crippen LogP) is 4.23. The van der Waals surface area contributed by atoms with E-state index in [4.69, 9.17) is 14.6 Å². The number of nitrogens with one attached hydrogen (secondary N) is 1. The molecule has 0 unspecified atom stereocenters. The fraction of sp³-hybridized carbons (Fsp3) is 0.238. The molecule has 2 aromatic carbocycles. The molecule has 0 aliphatic heterocycles. The monoisotopic (exact) mass is 398 g/mol. The molecule has 0 fully saturated rings. The highest BCUT2D eigenvalue weighted by atomic mass is 32.2. The average Bonchev–Trinajstić information content (AvgIpc) is 2.68. The zero-order chi connectivity index (χ0) is 20.1. The second-order valence-corrected chi connectivity index (χ2v) is 7.26. The number of H-pyrrole nitrogens is 1. The van der Waals surface area contributed by atoms with Crippen LogP contribution in [0.2, 0.25) is 0 Å². The highest BCUT2D eigenvalue weighted by Gasteiger charge is 2.11. The lowest BCUT2D eigenvalue weighted by atomic mass is 10.1. The molecule has 6 nitrogen and oxygen atoms in total. The number of hydrogen-bond acceptors (Lipinski definition) is 6. The second-order valence-electron chi connectivity index (χ2n) is 6.38. The Morgan fingerprint density at radius 2 is 1.82 bits per heavy atom. The number of aliphatic hydroxyl groups is 1. The molecule has 0 saturated heterocycles. The average molecular weight is 398 g/mol. The van der Waals surface area contributed by atoms with Crippen LogP contribution in [-0.4, -0.2) is 27.4 Å². The molecule has 0 saturated carbocycles. The molecular weight excluding hydrogens is 376 g/mol. The van der Waals surface area contributed by atoms with Gasteiger partial charge in [-0.25, -0.2) is 4.98 Å². The van der Waals surface area contributed by atoms with Gasteiger partial charge in [0.25, 0.3) is 5.56 Å². The molecule has 0 aliphatic rings. The summed E-state index contributed by atoms with van der Waals surface area (Å²) in [6.07, 6.45) is 3.36. The van der Waals surface area contributed by atoms with Crippen molar-refractivity contribution in [1.29, 1.82) is 0 Å². The maximum atomic E-state index is 12.0. The van der Waals surface area contributed by atoms with Gasteiger partial charge in [0.15, 0.2) is 0 Å². The van der Waals surface area contributed by atoms with E-state index in [1.807, 2.05) is 44.4 Å². The topological polar surface area (TPSA) is 84.4 Å². The van der Waals surface area contributed by atoms with Crippen LogP contribution in [0.5, 0.6) is 17.2 Å². The van der Waals surface area contributed by atoms with Crippen LogP contribution in [0, 0.1) is 0 Å². The van der Waals surface area contributed by atoms with Crippen molar-refractivity contribution in [2.24, 2.45) is 0 Å². The molecular formula is C21H22N2O4S. The molecule has 2 N–H and O–H groups in total. The lowest BCUT2D eigenvalue weighted by Crippen LogP contribution is -2.14. The van der Waals surface area contributed by atoms with E-state index in [0.717, 1.165) is 4.90 Å². The summed E-state index contributed by atoms with van der Waals surface area (Å²) in [4.78, 5) is 20.1. The van der Waals surface area contributed by atoms with Crippen LogP contribution < -0.4 is 15.0 Å². The van der Waals surface area contributed by atoms with Crippen molar-refractivity contribution in [3.05, 3.63) is 64.6 Å². The van der Waals surface area contributed by atoms with Gasteiger partial charge in [-0.1, -0.05) is 0 Å². The summed E-state index contributed by atoms with van der Waals surface area (Å²) in [5.41, 5.74) is 0.483. The first kappa shape index (κ1) is 20.0. The van der Waals surface area contributed by atoms with E-state index in [-0.39, 0.29) is 23.8 Å². The van der Waals surface area contributed by atoms with Gasteiger partial charge in [-0.2, -0.15) is 0 Å². The summed E-state index contributed by atoms with van der Waals surface area (Å²) in [7, 11) is 0. The van der Waals surface area contributed by atoms with Gasteiger partial charge in [0.2, 0.25) is 0 Å². The van der Waals surface area contributed by atoms with Crippen LogP contribution >= 0.6 is 11.8 Å². The minimum Gasteiger partial charge on any atom is -0.491 e. The first-order valence-electron chi connectivity index (χ1n) is 8.81. The third-order valence-electron chi connectivity index (χ3n) is 3.86. The fourth-order valence-corrected chi connectivity index (χ4v) is 2.98.